The largest absolute Gasteiger partial charge is 0.387 e. The molecule has 28 heavy (non-hydrogen) atoms. The number of amidine groups is 1. The summed E-state index contributed by atoms with van der Waals surface area (Å²) in [5, 5.41) is 0.744. The van der Waals surface area contributed by atoms with E-state index in [9.17, 15) is 4.79 Å². The summed E-state index contributed by atoms with van der Waals surface area (Å²) < 4.78 is 0. The number of benzene rings is 1. The van der Waals surface area contributed by atoms with Gasteiger partial charge in [-0.15, -0.1) is 0 Å². The van der Waals surface area contributed by atoms with Crippen molar-refractivity contribution >= 4 is 23.2 Å². The molecule has 4 heteroatoms. The van der Waals surface area contributed by atoms with E-state index in [0.29, 0.717) is 12.3 Å². The van der Waals surface area contributed by atoms with Gasteiger partial charge < -0.3 is 5.73 Å². The SMILES string of the molecule is CC1CC(N)=NC(C2=CC(c3cccc(Cl)c3)CC=C2)(C2CCCCC2)C1=O. The van der Waals surface area contributed by atoms with Gasteiger partial charge in [0.15, 0.2) is 5.78 Å². The van der Waals surface area contributed by atoms with Gasteiger partial charge in [-0.25, -0.2) is 0 Å². The Labute approximate surface area is 172 Å². The number of carbonyl (C=O) groups is 1. The van der Waals surface area contributed by atoms with Crippen molar-refractivity contribution in [1.82, 2.24) is 0 Å². The van der Waals surface area contributed by atoms with Crippen LogP contribution in [0, 0.1) is 11.8 Å². The zero-order chi connectivity index (χ0) is 19.7. The maximum Gasteiger partial charge on any atom is 0.168 e. The summed E-state index contributed by atoms with van der Waals surface area (Å²) in [6.07, 6.45) is 13.7. The van der Waals surface area contributed by atoms with Crippen LogP contribution in [-0.2, 0) is 4.79 Å². The second-order valence-corrected chi connectivity index (χ2v) is 9.03. The lowest BCUT2D eigenvalue weighted by molar-refractivity contribution is -0.128. The van der Waals surface area contributed by atoms with E-state index in [1.165, 1.54) is 12.0 Å². The van der Waals surface area contributed by atoms with Crippen molar-refractivity contribution in [3.05, 3.63) is 58.7 Å². The van der Waals surface area contributed by atoms with Gasteiger partial charge in [0, 0.05) is 23.3 Å². The molecule has 3 atom stereocenters. The average Bonchev–Trinajstić information content (AvgIpc) is 2.71. The Morgan fingerprint density at radius 3 is 2.75 bits per heavy atom. The van der Waals surface area contributed by atoms with Gasteiger partial charge in [0.2, 0.25) is 0 Å². The first-order valence-electron chi connectivity index (χ1n) is 10.5. The first kappa shape index (κ1) is 19.4. The molecule has 0 amide bonds. The van der Waals surface area contributed by atoms with Crippen LogP contribution in [0.4, 0.5) is 0 Å². The summed E-state index contributed by atoms with van der Waals surface area (Å²) in [5.41, 5.74) is 7.68. The van der Waals surface area contributed by atoms with Crippen LogP contribution in [0.2, 0.25) is 5.02 Å². The molecule has 3 unspecified atom stereocenters. The maximum absolute atomic E-state index is 13.6. The predicted molar refractivity (Wildman–Crippen MR) is 116 cm³/mol. The van der Waals surface area contributed by atoms with E-state index in [2.05, 4.69) is 24.3 Å². The molecule has 3 nitrogen and oxygen atoms in total. The molecule has 0 radical (unpaired) electrons. The fourth-order valence-corrected chi connectivity index (χ4v) is 5.47. The molecule has 1 saturated carbocycles. The summed E-state index contributed by atoms with van der Waals surface area (Å²) in [6.45, 7) is 2.00. The number of nitrogens with two attached hydrogens (primary N) is 1. The zero-order valence-electron chi connectivity index (χ0n) is 16.5. The Bertz CT molecular complexity index is 850. The highest BCUT2D eigenvalue weighted by Gasteiger charge is 2.51. The molecule has 0 spiro atoms. The van der Waals surface area contributed by atoms with E-state index in [4.69, 9.17) is 22.3 Å². The minimum absolute atomic E-state index is 0.0831. The summed E-state index contributed by atoms with van der Waals surface area (Å²) in [5.74, 6) is 1.23. The highest BCUT2D eigenvalue weighted by Crippen LogP contribution is 2.47. The smallest absolute Gasteiger partial charge is 0.168 e. The number of rotatable bonds is 3. The van der Waals surface area contributed by atoms with E-state index in [-0.39, 0.29) is 23.5 Å². The highest BCUT2D eigenvalue weighted by molar-refractivity contribution is 6.30. The number of ketones is 1. The first-order valence-corrected chi connectivity index (χ1v) is 10.9. The lowest BCUT2D eigenvalue weighted by Crippen LogP contribution is -2.53. The Hall–Kier alpha value is -1.87. The molecule has 1 heterocycles. The van der Waals surface area contributed by atoms with Crippen LogP contribution in [-0.4, -0.2) is 17.2 Å². The van der Waals surface area contributed by atoms with Gasteiger partial charge in [-0.3, -0.25) is 9.79 Å². The van der Waals surface area contributed by atoms with Crippen LogP contribution in [0.5, 0.6) is 0 Å². The molecular weight excluding hydrogens is 368 g/mol. The molecular formula is C24H29ClN2O. The van der Waals surface area contributed by atoms with Crippen LogP contribution in [0.1, 0.15) is 63.4 Å². The molecule has 1 aliphatic heterocycles. The van der Waals surface area contributed by atoms with Gasteiger partial charge >= 0.3 is 0 Å². The van der Waals surface area contributed by atoms with Crippen molar-refractivity contribution in [3.63, 3.8) is 0 Å². The highest BCUT2D eigenvalue weighted by atomic mass is 35.5. The van der Waals surface area contributed by atoms with E-state index in [0.717, 1.165) is 42.7 Å². The Morgan fingerprint density at radius 1 is 1.21 bits per heavy atom. The first-order chi connectivity index (χ1) is 13.5. The van der Waals surface area contributed by atoms with Crippen LogP contribution in [0.25, 0.3) is 0 Å². The summed E-state index contributed by atoms with van der Waals surface area (Å²) in [4.78, 5) is 18.6. The standard InChI is InChI=1S/C24H29ClN2O/c1-16-13-22(26)27-24(23(16)28,19-9-3-2-4-10-19)20-11-5-7-17(14-20)18-8-6-12-21(25)15-18/h5-6,8,11-12,14-17,19H,2-4,7,9-10,13H2,1H3,(H2,26,27). The monoisotopic (exact) mass is 396 g/mol. The molecule has 0 saturated heterocycles. The fourth-order valence-electron chi connectivity index (χ4n) is 5.27. The number of Topliss-reactive ketones (excluding diaryl/α,β-unsaturated/α-hetero) is 1. The molecule has 1 aromatic rings. The third kappa shape index (κ3) is 3.45. The summed E-state index contributed by atoms with van der Waals surface area (Å²) in [7, 11) is 0. The molecule has 1 fully saturated rings. The normalized spacial score (nSPS) is 31.4. The average molecular weight is 397 g/mol. The van der Waals surface area contributed by atoms with Crippen molar-refractivity contribution in [2.24, 2.45) is 22.6 Å². The van der Waals surface area contributed by atoms with Crippen LogP contribution >= 0.6 is 11.6 Å². The molecule has 2 aliphatic carbocycles. The molecule has 148 valence electrons. The number of halogens is 1. The Balaban J connectivity index is 1.81. The van der Waals surface area contributed by atoms with Gasteiger partial charge in [-0.2, -0.15) is 0 Å². The van der Waals surface area contributed by atoms with E-state index in [1.807, 2.05) is 25.1 Å². The van der Waals surface area contributed by atoms with Gasteiger partial charge in [0.25, 0.3) is 0 Å². The van der Waals surface area contributed by atoms with Gasteiger partial charge in [0.1, 0.15) is 5.54 Å². The Morgan fingerprint density at radius 2 is 2.00 bits per heavy atom. The van der Waals surface area contributed by atoms with Crippen LogP contribution < -0.4 is 5.73 Å². The maximum atomic E-state index is 13.6. The second-order valence-electron chi connectivity index (χ2n) is 8.60. The minimum Gasteiger partial charge on any atom is -0.387 e. The molecule has 2 N–H and O–H groups in total. The molecule has 0 aromatic heterocycles. The van der Waals surface area contributed by atoms with Crippen molar-refractivity contribution in [3.8, 4) is 0 Å². The van der Waals surface area contributed by atoms with Crippen molar-refractivity contribution < 1.29 is 4.79 Å². The summed E-state index contributed by atoms with van der Waals surface area (Å²) in [6, 6.07) is 8.02. The number of carbonyl (C=O) groups excluding carboxylic acids is 1. The minimum atomic E-state index is -0.810. The van der Waals surface area contributed by atoms with Crippen molar-refractivity contribution in [2.45, 2.75) is 63.3 Å². The summed E-state index contributed by atoms with van der Waals surface area (Å²) >= 11 is 6.23. The fraction of sp³-hybridized carbons (Fsp3) is 0.500. The van der Waals surface area contributed by atoms with Crippen molar-refractivity contribution in [2.75, 3.05) is 0 Å². The van der Waals surface area contributed by atoms with Crippen LogP contribution in [0.15, 0.2) is 53.1 Å². The number of hydrogen-bond acceptors (Lipinski definition) is 3. The van der Waals surface area contributed by atoms with Crippen molar-refractivity contribution in [1.29, 1.82) is 0 Å². The number of allylic oxidation sites excluding steroid dienone is 2. The van der Waals surface area contributed by atoms with E-state index in [1.54, 1.807) is 0 Å². The second kappa shape index (κ2) is 7.87. The van der Waals surface area contributed by atoms with Gasteiger partial charge in [-0.1, -0.05) is 68.1 Å². The molecule has 0 bridgehead atoms. The van der Waals surface area contributed by atoms with E-state index >= 15 is 0 Å². The van der Waals surface area contributed by atoms with E-state index < -0.39 is 5.54 Å². The number of nitrogens with zero attached hydrogens (tertiary/aromatic N) is 1. The third-order valence-electron chi connectivity index (χ3n) is 6.64. The van der Waals surface area contributed by atoms with Gasteiger partial charge in [-0.05, 0) is 48.4 Å². The number of hydrogen-bond donors (Lipinski definition) is 1. The zero-order valence-corrected chi connectivity index (χ0v) is 17.3. The van der Waals surface area contributed by atoms with Gasteiger partial charge in [0.05, 0.1) is 5.84 Å². The lowest BCUT2D eigenvalue weighted by atomic mass is 9.63. The molecule has 3 aliphatic rings. The van der Waals surface area contributed by atoms with Crippen LogP contribution in [0.3, 0.4) is 0 Å². The number of aliphatic imine (C=N–C) groups is 1. The lowest BCUT2D eigenvalue weighted by Gasteiger charge is -2.44. The molecule has 1 aromatic carbocycles. The Kier molecular flexibility index (Phi) is 5.46. The molecule has 4 rings (SSSR count). The predicted octanol–water partition coefficient (Wildman–Crippen LogP) is 5.60. The topological polar surface area (TPSA) is 55.4 Å². The third-order valence-corrected chi connectivity index (χ3v) is 6.87. The quantitative estimate of drug-likeness (QED) is 0.723.